The van der Waals surface area contributed by atoms with Crippen LogP contribution in [0.15, 0.2) is 48.0 Å². The first-order valence-corrected chi connectivity index (χ1v) is 11.7. The molecule has 0 saturated carbocycles. The van der Waals surface area contributed by atoms with E-state index >= 15 is 0 Å². The molecule has 4 rings (SSSR count). The van der Waals surface area contributed by atoms with Crippen LogP contribution in [-0.2, 0) is 16.0 Å². The van der Waals surface area contributed by atoms with Crippen LogP contribution in [0.1, 0.15) is 55.8 Å². The van der Waals surface area contributed by atoms with Gasteiger partial charge in [-0.1, -0.05) is 31.9 Å². The quantitative estimate of drug-likeness (QED) is 0.288. The van der Waals surface area contributed by atoms with E-state index in [4.69, 9.17) is 4.74 Å². The summed E-state index contributed by atoms with van der Waals surface area (Å²) in [4.78, 5) is 29.8. The average molecular weight is 449 g/mol. The minimum atomic E-state index is -0.629. The average Bonchev–Trinajstić information content (AvgIpc) is 3.29. The third-order valence-electron chi connectivity index (χ3n) is 6.44. The first-order valence-electron chi connectivity index (χ1n) is 11.7. The van der Waals surface area contributed by atoms with E-state index in [1.807, 2.05) is 62.3 Å². The van der Waals surface area contributed by atoms with Crippen molar-refractivity contribution in [1.29, 1.82) is 0 Å². The van der Waals surface area contributed by atoms with E-state index in [-0.39, 0.29) is 17.4 Å². The lowest BCUT2D eigenvalue weighted by atomic mass is 9.94. The number of nitrogens with zero attached hydrogens (tertiary/aromatic N) is 2. The summed E-state index contributed by atoms with van der Waals surface area (Å²) in [5, 5.41) is 11.3. The minimum Gasteiger partial charge on any atom is -0.507 e. The molecule has 0 bridgehead atoms. The number of ether oxygens (including phenoxy) is 1. The summed E-state index contributed by atoms with van der Waals surface area (Å²) in [6.07, 6.45) is 3.62. The zero-order chi connectivity index (χ0) is 23.7. The number of benzene rings is 2. The molecule has 2 aromatic rings. The van der Waals surface area contributed by atoms with E-state index in [1.165, 1.54) is 0 Å². The first kappa shape index (κ1) is 22.9. The van der Waals surface area contributed by atoms with Crippen molar-refractivity contribution in [2.24, 2.45) is 0 Å². The van der Waals surface area contributed by atoms with Gasteiger partial charge in [-0.3, -0.25) is 9.59 Å². The number of carbonyl (C=O) groups is 2. The van der Waals surface area contributed by atoms with Crippen LogP contribution >= 0.6 is 0 Å². The molecule has 0 spiro atoms. The lowest BCUT2D eigenvalue weighted by molar-refractivity contribution is -0.139. The molecular weight excluding hydrogens is 416 g/mol. The fourth-order valence-electron chi connectivity index (χ4n) is 4.67. The predicted molar refractivity (Wildman–Crippen MR) is 130 cm³/mol. The Kier molecular flexibility index (Phi) is 6.45. The normalized spacial score (nSPS) is 21.3. The second-order valence-electron chi connectivity index (χ2n) is 9.14. The molecule has 1 amide bonds. The van der Waals surface area contributed by atoms with Crippen molar-refractivity contribution in [3.8, 4) is 5.75 Å². The number of aliphatic hydroxyl groups excluding tert-OH is 1. The molecule has 0 aliphatic carbocycles. The number of aliphatic hydroxyl groups is 1. The smallest absolute Gasteiger partial charge is 0.295 e. The van der Waals surface area contributed by atoms with Gasteiger partial charge in [0, 0.05) is 38.3 Å². The van der Waals surface area contributed by atoms with Crippen LogP contribution < -0.4 is 9.64 Å². The molecule has 0 aromatic heterocycles. The number of likely N-dealkylation sites (tertiary alicyclic amines) is 1. The molecule has 6 heteroatoms. The molecule has 2 atom stereocenters. The van der Waals surface area contributed by atoms with Crippen LogP contribution in [0.3, 0.4) is 0 Å². The topological polar surface area (TPSA) is 70.1 Å². The first-order chi connectivity index (χ1) is 15.8. The standard InChI is InChI=1S/C27H32N2O4/c1-5-6-7-14-29-24(18-8-11-21(12-9-18)28(3)4)23(26(31)27(29)32)25(30)19-10-13-22-20(16-19)15-17(2)33-22/h8-13,16-17,24,30H,5-7,14-15H2,1-4H3/b25-23-. The summed E-state index contributed by atoms with van der Waals surface area (Å²) in [7, 11) is 3.93. The molecule has 174 valence electrons. The number of rotatable bonds is 7. The zero-order valence-electron chi connectivity index (χ0n) is 19.8. The number of unbranched alkanes of at least 4 members (excludes halogenated alkanes) is 2. The van der Waals surface area contributed by atoms with Crippen molar-refractivity contribution in [1.82, 2.24) is 4.90 Å². The van der Waals surface area contributed by atoms with Gasteiger partial charge >= 0.3 is 0 Å². The predicted octanol–water partition coefficient (Wildman–Crippen LogP) is 4.69. The van der Waals surface area contributed by atoms with Crippen molar-refractivity contribution in [2.45, 2.75) is 51.7 Å². The third-order valence-corrected chi connectivity index (χ3v) is 6.44. The van der Waals surface area contributed by atoms with E-state index in [9.17, 15) is 14.7 Å². The van der Waals surface area contributed by atoms with Gasteiger partial charge in [-0.05, 0) is 54.8 Å². The fraction of sp³-hybridized carbons (Fsp3) is 0.407. The number of amides is 1. The van der Waals surface area contributed by atoms with Gasteiger partial charge in [0.2, 0.25) is 0 Å². The summed E-state index contributed by atoms with van der Waals surface area (Å²) in [5.41, 5.74) is 3.52. The molecule has 1 N–H and O–H groups in total. The summed E-state index contributed by atoms with van der Waals surface area (Å²) in [5.74, 6) is -0.506. The number of hydrogen-bond donors (Lipinski definition) is 1. The largest absolute Gasteiger partial charge is 0.507 e. The van der Waals surface area contributed by atoms with Crippen LogP contribution in [0, 0.1) is 0 Å². The van der Waals surface area contributed by atoms with Crippen LogP contribution in [-0.4, -0.2) is 48.4 Å². The Morgan fingerprint density at radius 3 is 2.52 bits per heavy atom. The van der Waals surface area contributed by atoms with Gasteiger partial charge in [0.05, 0.1) is 11.6 Å². The number of anilines is 1. The lowest BCUT2D eigenvalue weighted by Crippen LogP contribution is -2.30. The van der Waals surface area contributed by atoms with Gasteiger partial charge in [-0.2, -0.15) is 0 Å². The van der Waals surface area contributed by atoms with Crippen LogP contribution in [0.2, 0.25) is 0 Å². The van der Waals surface area contributed by atoms with Crippen molar-refractivity contribution in [3.63, 3.8) is 0 Å². The number of fused-ring (bicyclic) bond motifs is 1. The summed E-state index contributed by atoms with van der Waals surface area (Å²) >= 11 is 0. The molecule has 2 unspecified atom stereocenters. The lowest BCUT2D eigenvalue weighted by Gasteiger charge is -2.26. The number of Topliss-reactive ketones (excluding diaryl/α,β-unsaturated/α-hetero) is 1. The molecule has 1 saturated heterocycles. The summed E-state index contributed by atoms with van der Waals surface area (Å²) in [6, 6.07) is 12.6. The molecule has 2 aliphatic rings. The maximum Gasteiger partial charge on any atom is 0.295 e. The molecule has 2 heterocycles. The van der Waals surface area contributed by atoms with Crippen molar-refractivity contribution in [2.75, 3.05) is 25.5 Å². The van der Waals surface area contributed by atoms with Crippen LogP contribution in [0.4, 0.5) is 5.69 Å². The molecule has 2 aliphatic heterocycles. The molecule has 6 nitrogen and oxygen atoms in total. The zero-order valence-corrected chi connectivity index (χ0v) is 19.8. The van der Waals surface area contributed by atoms with E-state index < -0.39 is 17.7 Å². The maximum atomic E-state index is 13.2. The highest BCUT2D eigenvalue weighted by Gasteiger charge is 2.45. The van der Waals surface area contributed by atoms with Gasteiger partial charge in [-0.15, -0.1) is 0 Å². The number of carbonyl (C=O) groups excluding carboxylic acids is 2. The van der Waals surface area contributed by atoms with Gasteiger partial charge in [0.1, 0.15) is 17.6 Å². The second-order valence-corrected chi connectivity index (χ2v) is 9.14. The molecule has 33 heavy (non-hydrogen) atoms. The summed E-state index contributed by atoms with van der Waals surface area (Å²) < 4.78 is 5.77. The summed E-state index contributed by atoms with van der Waals surface area (Å²) in [6.45, 7) is 4.58. The second kappa shape index (κ2) is 9.30. The van der Waals surface area contributed by atoms with Crippen LogP contribution in [0.5, 0.6) is 5.75 Å². The van der Waals surface area contributed by atoms with Gasteiger partial charge in [0.25, 0.3) is 11.7 Å². The molecular formula is C27H32N2O4. The Balaban J connectivity index is 1.79. The van der Waals surface area contributed by atoms with Gasteiger partial charge < -0.3 is 19.6 Å². The SMILES string of the molecule is CCCCCN1C(=O)C(=O)/C(=C(\O)c2ccc3c(c2)CC(C)O3)C1c1ccc(N(C)C)cc1. The minimum absolute atomic E-state index is 0.0803. The maximum absolute atomic E-state index is 13.2. The third kappa shape index (κ3) is 4.34. The fourth-order valence-corrected chi connectivity index (χ4v) is 4.67. The van der Waals surface area contributed by atoms with E-state index in [2.05, 4.69) is 6.92 Å². The van der Waals surface area contributed by atoms with Gasteiger partial charge in [0.15, 0.2) is 0 Å². The highest BCUT2D eigenvalue weighted by Crippen LogP contribution is 2.41. The number of hydrogen-bond acceptors (Lipinski definition) is 5. The van der Waals surface area contributed by atoms with E-state index in [1.54, 1.807) is 11.0 Å². The molecule has 1 fully saturated rings. The monoisotopic (exact) mass is 448 g/mol. The molecule has 0 radical (unpaired) electrons. The van der Waals surface area contributed by atoms with Crippen molar-refractivity contribution in [3.05, 3.63) is 64.7 Å². The Bertz CT molecular complexity index is 1090. The number of ketones is 1. The van der Waals surface area contributed by atoms with Crippen LogP contribution in [0.25, 0.3) is 5.76 Å². The Hall–Kier alpha value is -3.28. The molecule has 2 aromatic carbocycles. The Morgan fingerprint density at radius 2 is 1.85 bits per heavy atom. The van der Waals surface area contributed by atoms with E-state index in [0.29, 0.717) is 12.1 Å². The Morgan fingerprint density at radius 1 is 1.12 bits per heavy atom. The highest BCUT2D eigenvalue weighted by molar-refractivity contribution is 6.46. The van der Waals surface area contributed by atoms with E-state index in [0.717, 1.165) is 48.2 Å². The van der Waals surface area contributed by atoms with Crippen molar-refractivity contribution < 1.29 is 19.4 Å². The van der Waals surface area contributed by atoms with Gasteiger partial charge in [-0.25, -0.2) is 0 Å². The highest BCUT2D eigenvalue weighted by atomic mass is 16.5. The van der Waals surface area contributed by atoms with Crippen molar-refractivity contribution >= 4 is 23.1 Å². The Labute approximate surface area is 195 Å².